The fourth-order valence-electron chi connectivity index (χ4n) is 3.30. The highest BCUT2D eigenvalue weighted by Crippen LogP contribution is 2.43. The second-order valence-electron chi connectivity index (χ2n) is 6.84. The summed E-state index contributed by atoms with van der Waals surface area (Å²) in [6.45, 7) is 1.77. The summed E-state index contributed by atoms with van der Waals surface area (Å²) in [6.07, 6.45) is -3.50. The number of furan rings is 1. The van der Waals surface area contributed by atoms with E-state index in [0.717, 1.165) is 10.2 Å². The molecule has 7 nitrogen and oxygen atoms in total. The molecule has 0 aliphatic carbocycles. The number of alkyl halides is 3. The molecule has 3 heterocycles. The van der Waals surface area contributed by atoms with Gasteiger partial charge in [-0.3, -0.25) is 4.79 Å². The molecule has 10 heteroatoms. The third-order valence-electron chi connectivity index (χ3n) is 4.71. The number of fused-ring (bicyclic) bond motifs is 1. The number of phenols is 1. The zero-order valence-electron chi connectivity index (χ0n) is 15.2. The molecular weight excluding hydrogens is 389 g/mol. The second-order valence-corrected chi connectivity index (χ2v) is 6.84. The molecule has 4 rings (SSSR count). The highest BCUT2D eigenvalue weighted by atomic mass is 19.4. The molecule has 0 saturated heterocycles. The molecule has 1 aromatic carbocycles. The van der Waals surface area contributed by atoms with Crippen molar-refractivity contribution in [2.24, 2.45) is 0 Å². The van der Waals surface area contributed by atoms with E-state index in [4.69, 9.17) is 4.42 Å². The number of aromatic nitrogens is 2. The second kappa shape index (κ2) is 6.87. The average molecular weight is 406 g/mol. The Kier molecular flexibility index (Phi) is 4.48. The summed E-state index contributed by atoms with van der Waals surface area (Å²) in [5, 5.41) is 19.2. The van der Waals surface area contributed by atoms with E-state index in [1.807, 2.05) is 0 Å². The third-order valence-corrected chi connectivity index (χ3v) is 4.71. The van der Waals surface area contributed by atoms with Crippen molar-refractivity contribution in [3.05, 3.63) is 59.7 Å². The highest BCUT2D eigenvalue weighted by Gasteiger charge is 2.47. The van der Waals surface area contributed by atoms with Crippen LogP contribution in [0.4, 0.5) is 24.7 Å². The van der Waals surface area contributed by atoms with Crippen LogP contribution >= 0.6 is 0 Å². The topological polar surface area (TPSA) is 92.3 Å². The van der Waals surface area contributed by atoms with E-state index in [0.29, 0.717) is 5.76 Å². The molecule has 1 amide bonds. The number of carbonyl (C=O) groups excluding carboxylic acids is 1. The first kappa shape index (κ1) is 18.9. The molecule has 3 N–H and O–H groups in total. The number of aryl methyl sites for hydroxylation is 1. The maximum Gasteiger partial charge on any atom is 0.410 e. The number of hydrogen-bond acceptors (Lipinski definition) is 5. The highest BCUT2D eigenvalue weighted by molar-refractivity contribution is 6.04. The number of nitrogens with zero attached hydrogens (tertiary/aromatic N) is 2. The van der Waals surface area contributed by atoms with Crippen LogP contribution in [0, 0.1) is 6.92 Å². The Balaban J connectivity index is 1.65. The molecule has 1 aliphatic heterocycles. The number of hydrogen-bond donors (Lipinski definition) is 3. The van der Waals surface area contributed by atoms with Gasteiger partial charge in [0.1, 0.15) is 17.3 Å². The van der Waals surface area contributed by atoms with E-state index < -0.39 is 24.2 Å². The molecule has 0 fully saturated rings. The molecule has 0 bridgehead atoms. The number of benzene rings is 1. The van der Waals surface area contributed by atoms with E-state index >= 15 is 0 Å². The summed E-state index contributed by atoms with van der Waals surface area (Å²) in [5.41, 5.74) is 0.736. The van der Waals surface area contributed by atoms with Crippen LogP contribution in [-0.4, -0.2) is 27.0 Å². The van der Waals surface area contributed by atoms with Crippen molar-refractivity contribution in [1.82, 2.24) is 9.78 Å². The summed E-state index contributed by atoms with van der Waals surface area (Å²) in [4.78, 5) is 12.5. The molecule has 2 atom stereocenters. The lowest BCUT2D eigenvalue weighted by molar-refractivity contribution is -0.174. The Morgan fingerprint density at radius 2 is 2.14 bits per heavy atom. The maximum atomic E-state index is 13.6. The first-order chi connectivity index (χ1) is 13.7. The van der Waals surface area contributed by atoms with Gasteiger partial charge < -0.3 is 20.2 Å². The van der Waals surface area contributed by atoms with Gasteiger partial charge in [-0.05, 0) is 36.8 Å². The Hall–Kier alpha value is -3.43. The van der Waals surface area contributed by atoms with Gasteiger partial charge >= 0.3 is 6.18 Å². The Labute approximate surface area is 163 Å². The number of nitrogens with one attached hydrogen (secondary N) is 2. The van der Waals surface area contributed by atoms with Crippen LogP contribution in [0.2, 0.25) is 0 Å². The predicted octanol–water partition coefficient (Wildman–Crippen LogP) is 4.40. The van der Waals surface area contributed by atoms with E-state index in [-0.39, 0.29) is 29.4 Å². The predicted molar refractivity (Wildman–Crippen MR) is 97.8 cm³/mol. The Morgan fingerprint density at radius 3 is 2.83 bits per heavy atom. The monoisotopic (exact) mass is 406 g/mol. The number of aromatic hydroxyl groups is 1. The van der Waals surface area contributed by atoms with Gasteiger partial charge in [-0.15, -0.1) is 0 Å². The standard InChI is InChI=1S/C19H17F3N4O3/c1-10-4-5-14(27)11(7-10)24-18(28)13-9-17-23-12(15-3-2-6-29-15)8-16(19(20,21)22)26(17)25-13/h2-7,9,12,16,23,27H,8H2,1H3,(H,24,28). The van der Waals surface area contributed by atoms with Gasteiger partial charge in [0, 0.05) is 12.5 Å². The van der Waals surface area contributed by atoms with E-state index in [2.05, 4.69) is 15.7 Å². The summed E-state index contributed by atoms with van der Waals surface area (Å²) in [5.74, 6) is -0.469. The van der Waals surface area contributed by atoms with Crippen molar-refractivity contribution in [2.45, 2.75) is 31.6 Å². The van der Waals surface area contributed by atoms with Crippen molar-refractivity contribution in [1.29, 1.82) is 0 Å². The Morgan fingerprint density at radius 1 is 1.34 bits per heavy atom. The van der Waals surface area contributed by atoms with Crippen LogP contribution in [0.25, 0.3) is 0 Å². The van der Waals surface area contributed by atoms with Gasteiger partial charge in [-0.25, -0.2) is 4.68 Å². The normalized spacial score (nSPS) is 18.8. The number of halogens is 3. The largest absolute Gasteiger partial charge is 0.506 e. The zero-order chi connectivity index (χ0) is 20.8. The van der Waals surface area contributed by atoms with E-state index in [1.54, 1.807) is 31.2 Å². The summed E-state index contributed by atoms with van der Waals surface area (Å²) in [6, 6.07) is 6.43. The van der Waals surface area contributed by atoms with Crippen molar-refractivity contribution in [2.75, 3.05) is 10.6 Å². The molecule has 2 aromatic heterocycles. The van der Waals surface area contributed by atoms with Gasteiger partial charge in [0.2, 0.25) is 0 Å². The number of carbonyl (C=O) groups is 1. The summed E-state index contributed by atoms with van der Waals surface area (Å²) in [7, 11) is 0. The molecule has 3 aromatic rings. The van der Waals surface area contributed by atoms with Crippen molar-refractivity contribution < 1.29 is 27.5 Å². The number of amides is 1. The molecule has 0 radical (unpaired) electrons. The minimum atomic E-state index is -4.56. The van der Waals surface area contributed by atoms with Crippen LogP contribution in [0.1, 0.15) is 40.3 Å². The van der Waals surface area contributed by atoms with Crippen LogP contribution < -0.4 is 10.6 Å². The molecule has 2 unspecified atom stereocenters. The number of phenolic OH excluding ortho intramolecular Hbond substituents is 1. The fourth-order valence-corrected chi connectivity index (χ4v) is 3.30. The van der Waals surface area contributed by atoms with Crippen LogP contribution in [0.5, 0.6) is 5.75 Å². The van der Waals surface area contributed by atoms with Gasteiger partial charge in [0.05, 0.1) is 18.0 Å². The Bertz CT molecular complexity index is 1040. The fraction of sp³-hybridized carbons (Fsp3) is 0.263. The molecule has 0 saturated carbocycles. The van der Waals surface area contributed by atoms with Crippen molar-refractivity contribution in [3.8, 4) is 5.75 Å². The molecule has 1 aliphatic rings. The van der Waals surface area contributed by atoms with Gasteiger partial charge in [-0.2, -0.15) is 18.3 Å². The lowest BCUT2D eigenvalue weighted by atomic mass is 10.0. The minimum Gasteiger partial charge on any atom is -0.506 e. The van der Waals surface area contributed by atoms with E-state index in [1.165, 1.54) is 18.4 Å². The smallest absolute Gasteiger partial charge is 0.410 e. The quantitative estimate of drug-likeness (QED) is 0.561. The van der Waals surface area contributed by atoms with Gasteiger partial charge in [-0.1, -0.05) is 6.07 Å². The first-order valence-corrected chi connectivity index (χ1v) is 8.79. The SMILES string of the molecule is Cc1ccc(O)c(NC(=O)c2cc3n(n2)C(C(F)(F)F)CC(c2ccco2)N3)c1. The minimum absolute atomic E-state index is 0.0542. The zero-order valence-corrected chi connectivity index (χ0v) is 15.2. The first-order valence-electron chi connectivity index (χ1n) is 8.79. The van der Waals surface area contributed by atoms with Crippen molar-refractivity contribution >= 4 is 17.4 Å². The van der Waals surface area contributed by atoms with Crippen LogP contribution in [0.15, 0.2) is 47.1 Å². The molecule has 29 heavy (non-hydrogen) atoms. The van der Waals surface area contributed by atoms with E-state index in [9.17, 15) is 23.1 Å². The maximum absolute atomic E-state index is 13.6. The lowest BCUT2D eigenvalue weighted by Crippen LogP contribution is -2.35. The molecule has 0 spiro atoms. The average Bonchev–Trinajstić information content (AvgIpc) is 3.32. The molecule has 152 valence electrons. The number of anilines is 2. The summed E-state index contributed by atoms with van der Waals surface area (Å²) >= 11 is 0. The van der Waals surface area contributed by atoms with Gasteiger partial charge in [0.15, 0.2) is 11.7 Å². The van der Waals surface area contributed by atoms with Crippen LogP contribution in [0.3, 0.4) is 0 Å². The van der Waals surface area contributed by atoms with Crippen LogP contribution in [-0.2, 0) is 0 Å². The van der Waals surface area contributed by atoms with Gasteiger partial charge in [0.25, 0.3) is 5.91 Å². The van der Waals surface area contributed by atoms with Crippen molar-refractivity contribution in [3.63, 3.8) is 0 Å². The lowest BCUT2D eigenvalue weighted by Gasteiger charge is -2.32. The summed E-state index contributed by atoms with van der Waals surface area (Å²) < 4.78 is 46.9. The third kappa shape index (κ3) is 3.65. The number of rotatable bonds is 3. The molecular formula is C19H17F3N4O3.